The summed E-state index contributed by atoms with van der Waals surface area (Å²) in [6.07, 6.45) is 0.670. The molecule has 0 spiro atoms. The molecule has 1 fully saturated rings. The second kappa shape index (κ2) is 7.86. The zero-order valence-corrected chi connectivity index (χ0v) is 17.8. The third-order valence-corrected chi connectivity index (χ3v) is 9.41. The molecule has 1 heterocycles. The van der Waals surface area contributed by atoms with E-state index >= 15 is 0 Å². The van der Waals surface area contributed by atoms with Crippen molar-refractivity contribution in [3.05, 3.63) is 23.3 Å². The van der Waals surface area contributed by atoms with Crippen LogP contribution in [0, 0.1) is 19.8 Å². The zero-order chi connectivity index (χ0) is 19.7. The second-order valence-electron chi connectivity index (χ2n) is 7.41. The number of piperidine rings is 1. The topological polar surface area (TPSA) is 80.8 Å². The summed E-state index contributed by atoms with van der Waals surface area (Å²) >= 11 is 0. The Labute approximate surface area is 157 Å². The molecule has 0 aromatic heterocycles. The molecule has 1 aliphatic heterocycles. The predicted molar refractivity (Wildman–Crippen MR) is 103 cm³/mol. The monoisotopic (exact) mass is 403 g/mol. The van der Waals surface area contributed by atoms with Crippen LogP contribution in [0.25, 0.3) is 0 Å². The van der Waals surface area contributed by atoms with Crippen molar-refractivity contribution in [1.29, 1.82) is 0 Å². The minimum atomic E-state index is -3.72. The largest absolute Gasteiger partial charge is 0.495 e. The van der Waals surface area contributed by atoms with E-state index in [4.69, 9.17) is 4.74 Å². The molecular formula is C18H29NO5S2. The van der Waals surface area contributed by atoms with Gasteiger partial charge < -0.3 is 4.74 Å². The molecule has 0 bridgehead atoms. The van der Waals surface area contributed by atoms with Crippen molar-refractivity contribution in [2.24, 2.45) is 5.92 Å². The van der Waals surface area contributed by atoms with Gasteiger partial charge in [-0.3, -0.25) is 0 Å². The summed E-state index contributed by atoms with van der Waals surface area (Å²) in [5, 5.41) is -0.460. The molecule has 0 saturated carbocycles. The molecule has 0 amide bonds. The molecule has 26 heavy (non-hydrogen) atoms. The lowest BCUT2D eigenvalue weighted by Crippen LogP contribution is -2.43. The van der Waals surface area contributed by atoms with Gasteiger partial charge in [0.15, 0.2) is 9.84 Å². The lowest BCUT2D eigenvalue weighted by Gasteiger charge is -2.31. The SMILES string of the molecule is COc1cc(C)c(C)cc1S(=O)(=O)N1CCC(S(=O)(=O)CC(C)C)CC1. The van der Waals surface area contributed by atoms with E-state index in [-0.39, 0.29) is 29.7 Å². The van der Waals surface area contributed by atoms with E-state index in [1.54, 1.807) is 12.1 Å². The molecule has 0 aliphatic carbocycles. The molecule has 148 valence electrons. The molecule has 1 aliphatic rings. The second-order valence-corrected chi connectivity index (χ2v) is 11.6. The highest BCUT2D eigenvalue weighted by molar-refractivity contribution is 7.92. The van der Waals surface area contributed by atoms with Crippen molar-refractivity contribution >= 4 is 19.9 Å². The number of sulfonamides is 1. The maximum Gasteiger partial charge on any atom is 0.246 e. The Balaban J connectivity index is 2.22. The molecule has 1 saturated heterocycles. The lowest BCUT2D eigenvalue weighted by molar-refractivity contribution is 0.341. The van der Waals surface area contributed by atoms with Crippen molar-refractivity contribution in [1.82, 2.24) is 4.31 Å². The van der Waals surface area contributed by atoms with Crippen LogP contribution >= 0.6 is 0 Å². The third-order valence-electron chi connectivity index (χ3n) is 4.87. The maximum absolute atomic E-state index is 13.1. The average Bonchev–Trinajstić information content (AvgIpc) is 2.55. The summed E-state index contributed by atoms with van der Waals surface area (Å²) in [7, 11) is -5.46. The molecule has 6 nitrogen and oxygen atoms in total. The number of nitrogens with zero attached hydrogens (tertiary/aromatic N) is 1. The third kappa shape index (κ3) is 4.40. The molecular weight excluding hydrogens is 374 g/mol. The Bertz CT molecular complexity index is 852. The fourth-order valence-electron chi connectivity index (χ4n) is 3.30. The highest BCUT2D eigenvalue weighted by atomic mass is 32.2. The number of aryl methyl sites for hydroxylation is 2. The van der Waals surface area contributed by atoms with Gasteiger partial charge in [-0.2, -0.15) is 4.31 Å². The van der Waals surface area contributed by atoms with Gasteiger partial charge in [0.25, 0.3) is 0 Å². The van der Waals surface area contributed by atoms with Gasteiger partial charge in [-0.1, -0.05) is 13.8 Å². The average molecular weight is 404 g/mol. The smallest absolute Gasteiger partial charge is 0.246 e. The number of rotatable bonds is 6. The number of methoxy groups -OCH3 is 1. The molecule has 0 radical (unpaired) electrons. The van der Waals surface area contributed by atoms with Gasteiger partial charge in [-0.15, -0.1) is 0 Å². The molecule has 0 unspecified atom stereocenters. The van der Waals surface area contributed by atoms with E-state index in [0.717, 1.165) is 11.1 Å². The van der Waals surface area contributed by atoms with Crippen LogP contribution in [0.2, 0.25) is 0 Å². The first-order valence-electron chi connectivity index (χ1n) is 8.86. The van der Waals surface area contributed by atoms with E-state index in [1.807, 2.05) is 27.7 Å². The summed E-state index contributed by atoms with van der Waals surface area (Å²) in [6, 6.07) is 3.35. The van der Waals surface area contributed by atoms with Crippen molar-refractivity contribution in [2.45, 2.75) is 50.7 Å². The van der Waals surface area contributed by atoms with Crippen LogP contribution in [0.3, 0.4) is 0 Å². The van der Waals surface area contributed by atoms with Crippen LogP contribution < -0.4 is 4.74 Å². The Morgan fingerprint density at radius 1 is 1.08 bits per heavy atom. The molecule has 1 aromatic rings. The molecule has 1 aromatic carbocycles. The van der Waals surface area contributed by atoms with Gasteiger partial charge in [0, 0.05) is 13.1 Å². The van der Waals surface area contributed by atoms with Gasteiger partial charge in [-0.05, 0) is 55.9 Å². The van der Waals surface area contributed by atoms with Gasteiger partial charge in [0.1, 0.15) is 10.6 Å². The van der Waals surface area contributed by atoms with Crippen molar-refractivity contribution < 1.29 is 21.6 Å². The van der Waals surface area contributed by atoms with Crippen molar-refractivity contribution in [2.75, 3.05) is 26.0 Å². The molecule has 8 heteroatoms. The summed E-state index contributed by atoms with van der Waals surface area (Å²) in [4.78, 5) is 0.145. The standard InChI is InChI=1S/C18H29NO5S2/c1-13(2)12-25(20,21)16-6-8-19(9-7-16)26(22,23)18-11-15(4)14(3)10-17(18)24-5/h10-11,13,16H,6-9,12H2,1-5H3. The minimum Gasteiger partial charge on any atom is -0.495 e. The number of benzene rings is 1. The van der Waals surface area contributed by atoms with Gasteiger partial charge in [-0.25, -0.2) is 16.8 Å². The lowest BCUT2D eigenvalue weighted by atomic mass is 10.1. The predicted octanol–water partition coefficient (Wildman–Crippen LogP) is 2.54. The van der Waals surface area contributed by atoms with E-state index < -0.39 is 25.1 Å². The van der Waals surface area contributed by atoms with E-state index in [9.17, 15) is 16.8 Å². The Kier molecular flexibility index (Phi) is 6.40. The van der Waals surface area contributed by atoms with E-state index in [1.165, 1.54) is 11.4 Å². The van der Waals surface area contributed by atoms with Gasteiger partial charge in [0.05, 0.1) is 18.1 Å². The zero-order valence-electron chi connectivity index (χ0n) is 16.1. The van der Waals surface area contributed by atoms with Crippen LogP contribution in [0.5, 0.6) is 5.75 Å². The molecule has 2 rings (SSSR count). The fraction of sp³-hybridized carbons (Fsp3) is 0.667. The normalized spacial score (nSPS) is 17.6. The van der Waals surface area contributed by atoms with E-state index in [0.29, 0.717) is 18.6 Å². The van der Waals surface area contributed by atoms with Crippen LogP contribution in [-0.4, -0.2) is 52.3 Å². The number of hydrogen-bond donors (Lipinski definition) is 0. The summed E-state index contributed by atoms with van der Waals surface area (Å²) in [5.41, 5.74) is 1.83. The number of hydrogen-bond acceptors (Lipinski definition) is 5. The van der Waals surface area contributed by atoms with Gasteiger partial charge in [0.2, 0.25) is 10.0 Å². The first-order chi connectivity index (χ1) is 12.0. The van der Waals surface area contributed by atoms with Gasteiger partial charge >= 0.3 is 0 Å². The van der Waals surface area contributed by atoms with Crippen LogP contribution in [-0.2, 0) is 19.9 Å². The number of ether oxygens (including phenoxy) is 1. The summed E-state index contributed by atoms with van der Waals surface area (Å²) in [6.45, 7) is 7.94. The maximum atomic E-state index is 13.1. The highest BCUT2D eigenvalue weighted by Gasteiger charge is 2.36. The first-order valence-corrected chi connectivity index (χ1v) is 12.0. The first kappa shape index (κ1) is 21.2. The minimum absolute atomic E-state index is 0.0709. The van der Waals surface area contributed by atoms with Crippen molar-refractivity contribution in [3.63, 3.8) is 0 Å². The Hall–Kier alpha value is -1.12. The number of sulfone groups is 1. The van der Waals surface area contributed by atoms with Crippen LogP contribution in [0.1, 0.15) is 37.8 Å². The highest BCUT2D eigenvalue weighted by Crippen LogP contribution is 2.32. The Morgan fingerprint density at radius 3 is 2.12 bits per heavy atom. The van der Waals surface area contributed by atoms with Crippen LogP contribution in [0.15, 0.2) is 17.0 Å². The summed E-state index contributed by atoms with van der Waals surface area (Å²) in [5.74, 6) is 0.541. The van der Waals surface area contributed by atoms with Crippen LogP contribution in [0.4, 0.5) is 0 Å². The Morgan fingerprint density at radius 2 is 1.62 bits per heavy atom. The molecule has 0 atom stereocenters. The fourth-order valence-corrected chi connectivity index (χ4v) is 7.12. The van der Waals surface area contributed by atoms with Crippen molar-refractivity contribution in [3.8, 4) is 5.75 Å². The summed E-state index contributed by atoms with van der Waals surface area (Å²) < 4.78 is 57.6. The molecule has 0 N–H and O–H groups in total. The van der Waals surface area contributed by atoms with E-state index in [2.05, 4.69) is 0 Å². The quantitative estimate of drug-likeness (QED) is 0.729.